The molecule has 1 aromatic carbocycles. The molecule has 0 aliphatic carbocycles. The van der Waals surface area contributed by atoms with Gasteiger partial charge in [0.25, 0.3) is 5.56 Å². The van der Waals surface area contributed by atoms with Crippen LogP contribution in [0, 0.1) is 5.92 Å². The number of amides is 1. The second kappa shape index (κ2) is 9.04. The number of carbonyl (C=O) groups excluding carboxylic acids is 1. The van der Waals surface area contributed by atoms with Gasteiger partial charge >= 0.3 is 0 Å². The second-order valence-electron chi connectivity index (χ2n) is 6.77. The van der Waals surface area contributed by atoms with Crippen molar-refractivity contribution in [1.82, 2.24) is 14.9 Å². The average molecular weight is 362 g/mol. The molecule has 1 aromatic heterocycles. The van der Waals surface area contributed by atoms with Gasteiger partial charge in [-0.15, -0.1) is 0 Å². The molecule has 0 spiro atoms. The van der Waals surface area contributed by atoms with Crippen LogP contribution in [0.3, 0.4) is 0 Å². The van der Waals surface area contributed by atoms with Crippen molar-refractivity contribution in [3.8, 4) is 0 Å². The first-order chi connectivity index (χ1) is 11.9. The molecule has 1 atom stereocenters. The topological polar surface area (TPSA) is 64.0 Å². The number of aromatic nitrogens is 2. The molecule has 0 fully saturated rings. The van der Waals surface area contributed by atoms with E-state index in [4.69, 9.17) is 0 Å². The highest BCUT2D eigenvalue weighted by Gasteiger charge is 2.14. The van der Waals surface area contributed by atoms with Crippen LogP contribution in [0.15, 0.2) is 34.2 Å². The van der Waals surface area contributed by atoms with Crippen LogP contribution in [0.2, 0.25) is 0 Å². The van der Waals surface area contributed by atoms with E-state index in [-0.39, 0.29) is 23.3 Å². The highest BCUT2D eigenvalue weighted by atomic mass is 32.2. The minimum atomic E-state index is -0.0402. The molecule has 0 aliphatic rings. The highest BCUT2D eigenvalue weighted by Crippen LogP contribution is 2.18. The Balaban J connectivity index is 2.23. The fourth-order valence-corrected chi connectivity index (χ4v) is 3.56. The van der Waals surface area contributed by atoms with E-state index in [0.29, 0.717) is 28.5 Å². The summed E-state index contributed by atoms with van der Waals surface area (Å²) >= 11 is 1.33. The number of para-hydroxylation sites is 1. The molecular weight excluding hydrogens is 334 g/mol. The molecule has 2 rings (SSSR count). The van der Waals surface area contributed by atoms with Crippen LogP contribution < -0.4 is 10.9 Å². The van der Waals surface area contributed by atoms with Crippen molar-refractivity contribution in [1.29, 1.82) is 0 Å². The Morgan fingerprint density at radius 3 is 2.68 bits per heavy atom. The predicted octanol–water partition coefficient (Wildman–Crippen LogP) is 3.45. The quantitative estimate of drug-likeness (QED) is 0.578. The third-order valence-corrected chi connectivity index (χ3v) is 4.81. The first-order valence-electron chi connectivity index (χ1n) is 8.84. The monoisotopic (exact) mass is 361 g/mol. The smallest absolute Gasteiger partial charge is 0.262 e. The van der Waals surface area contributed by atoms with Gasteiger partial charge in [0.05, 0.1) is 16.7 Å². The Morgan fingerprint density at radius 2 is 2.00 bits per heavy atom. The maximum atomic E-state index is 12.8. The lowest BCUT2D eigenvalue weighted by Crippen LogP contribution is -2.34. The number of nitrogens with one attached hydrogen (secondary N) is 1. The zero-order chi connectivity index (χ0) is 18.4. The van der Waals surface area contributed by atoms with Gasteiger partial charge in [-0.3, -0.25) is 14.2 Å². The van der Waals surface area contributed by atoms with Gasteiger partial charge < -0.3 is 5.32 Å². The van der Waals surface area contributed by atoms with Gasteiger partial charge in [-0.2, -0.15) is 0 Å². The van der Waals surface area contributed by atoms with Crippen LogP contribution in [0.25, 0.3) is 10.9 Å². The minimum absolute atomic E-state index is 0.0237. The number of carbonyl (C=O) groups is 1. The molecule has 1 N–H and O–H groups in total. The second-order valence-corrected chi connectivity index (χ2v) is 7.71. The van der Waals surface area contributed by atoms with E-state index >= 15 is 0 Å². The number of benzene rings is 1. The normalized spacial score (nSPS) is 12.5. The summed E-state index contributed by atoms with van der Waals surface area (Å²) in [4.78, 5) is 29.6. The molecule has 0 aliphatic heterocycles. The van der Waals surface area contributed by atoms with Crippen LogP contribution >= 0.6 is 11.8 Å². The van der Waals surface area contributed by atoms with E-state index in [9.17, 15) is 9.59 Å². The number of rotatable bonds is 8. The Morgan fingerprint density at radius 1 is 1.28 bits per heavy atom. The Hall–Kier alpha value is -1.82. The van der Waals surface area contributed by atoms with Crippen molar-refractivity contribution in [2.75, 3.05) is 5.75 Å². The van der Waals surface area contributed by atoms with Crippen LogP contribution in [0.4, 0.5) is 0 Å². The maximum absolute atomic E-state index is 12.8. The standard InChI is InChI=1S/C19H27N3O2S/c1-5-8-14(4)20-17(23)12-25-19-21-16-10-7-6-9-15(16)18(24)22(19)11-13(2)3/h6-7,9-10,13-14H,5,8,11-12H2,1-4H3,(H,20,23)/t14-/m1/s1. The molecule has 0 bridgehead atoms. The summed E-state index contributed by atoms with van der Waals surface area (Å²) in [5, 5.41) is 4.21. The van der Waals surface area contributed by atoms with Gasteiger partial charge in [0, 0.05) is 12.6 Å². The molecule has 25 heavy (non-hydrogen) atoms. The lowest BCUT2D eigenvalue weighted by atomic mass is 10.2. The van der Waals surface area contributed by atoms with Crippen molar-refractivity contribution in [2.24, 2.45) is 5.92 Å². The molecular formula is C19H27N3O2S. The van der Waals surface area contributed by atoms with E-state index in [1.165, 1.54) is 11.8 Å². The summed E-state index contributed by atoms with van der Waals surface area (Å²) in [6.07, 6.45) is 2.00. The van der Waals surface area contributed by atoms with E-state index in [1.807, 2.05) is 25.1 Å². The van der Waals surface area contributed by atoms with Gasteiger partial charge in [0.1, 0.15) is 0 Å². The number of hydrogen-bond donors (Lipinski definition) is 1. The van der Waals surface area contributed by atoms with E-state index in [2.05, 4.69) is 31.1 Å². The average Bonchev–Trinajstić information content (AvgIpc) is 2.56. The molecule has 136 valence electrons. The summed E-state index contributed by atoms with van der Waals surface area (Å²) < 4.78 is 1.69. The molecule has 0 saturated heterocycles. The van der Waals surface area contributed by atoms with Crippen molar-refractivity contribution >= 4 is 28.6 Å². The Labute approximate surface area is 153 Å². The molecule has 0 radical (unpaired) electrons. The zero-order valence-electron chi connectivity index (χ0n) is 15.4. The van der Waals surface area contributed by atoms with Gasteiger partial charge in [0.2, 0.25) is 5.91 Å². The van der Waals surface area contributed by atoms with E-state index in [1.54, 1.807) is 10.6 Å². The fourth-order valence-electron chi connectivity index (χ4n) is 2.74. The zero-order valence-corrected chi connectivity index (χ0v) is 16.2. The summed E-state index contributed by atoms with van der Waals surface area (Å²) in [5.41, 5.74) is 0.635. The van der Waals surface area contributed by atoms with Gasteiger partial charge in [-0.05, 0) is 31.4 Å². The van der Waals surface area contributed by atoms with Gasteiger partial charge in [-0.25, -0.2) is 4.98 Å². The highest BCUT2D eigenvalue weighted by molar-refractivity contribution is 7.99. The first kappa shape index (κ1) is 19.5. The van der Waals surface area contributed by atoms with Crippen LogP contribution in [-0.4, -0.2) is 27.3 Å². The molecule has 5 nitrogen and oxygen atoms in total. The van der Waals surface area contributed by atoms with Gasteiger partial charge in [0.15, 0.2) is 5.16 Å². The van der Waals surface area contributed by atoms with Crippen LogP contribution in [0.1, 0.15) is 40.5 Å². The lowest BCUT2D eigenvalue weighted by Gasteiger charge is -2.16. The largest absolute Gasteiger partial charge is 0.353 e. The van der Waals surface area contributed by atoms with E-state index in [0.717, 1.165) is 12.8 Å². The minimum Gasteiger partial charge on any atom is -0.353 e. The summed E-state index contributed by atoms with van der Waals surface area (Å²) in [6.45, 7) is 8.83. The summed E-state index contributed by atoms with van der Waals surface area (Å²) in [6, 6.07) is 7.52. The molecule has 1 amide bonds. The predicted molar refractivity (Wildman–Crippen MR) is 104 cm³/mol. The van der Waals surface area contributed by atoms with Gasteiger partial charge in [-0.1, -0.05) is 51.1 Å². The molecule has 1 heterocycles. The van der Waals surface area contributed by atoms with E-state index < -0.39 is 0 Å². The SMILES string of the molecule is CCC[C@@H](C)NC(=O)CSc1nc2ccccc2c(=O)n1CC(C)C. The maximum Gasteiger partial charge on any atom is 0.262 e. The van der Waals surface area contributed by atoms with Crippen molar-refractivity contribution in [3.05, 3.63) is 34.6 Å². The summed E-state index contributed by atoms with van der Waals surface area (Å²) in [5.74, 6) is 0.555. The van der Waals surface area contributed by atoms with Crippen molar-refractivity contribution in [2.45, 2.75) is 58.3 Å². The molecule has 0 unspecified atom stereocenters. The number of fused-ring (bicyclic) bond motifs is 1. The van der Waals surface area contributed by atoms with Crippen molar-refractivity contribution < 1.29 is 4.79 Å². The molecule has 0 saturated carbocycles. The summed E-state index contributed by atoms with van der Waals surface area (Å²) in [7, 11) is 0. The third-order valence-electron chi connectivity index (χ3n) is 3.84. The molecule has 6 heteroatoms. The fraction of sp³-hybridized carbons (Fsp3) is 0.526. The third kappa shape index (κ3) is 5.33. The number of nitrogens with zero attached hydrogens (tertiary/aromatic N) is 2. The van der Waals surface area contributed by atoms with Crippen LogP contribution in [-0.2, 0) is 11.3 Å². The Bertz CT molecular complexity index is 786. The first-order valence-corrected chi connectivity index (χ1v) is 9.82. The number of hydrogen-bond acceptors (Lipinski definition) is 4. The molecule has 2 aromatic rings. The van der Waals surface area contributed by atoms with Crippen molar-refractivity contribution in [3.63, 3.8) is 0 Å². The Kier molecular flexibility index (Phi) is 7.05. The number of thioether (sulfide) groups is 1. The lowest BCUT2D eigenvalue weighted by molar-refractivity contribution is -0.119. The van der Waals surface area contributed by atoms with Crippen LogP contribution in [0.5, 0.6) is 0 Å².